The maximum absolute atomic E-state index is 6.27. The average molecular weight is 296 g/mol. The summed E-state index contributed by atoms with van der Waals surface area (Å²) >= 11 is 6.27. The zero-order valence-corrected chi connectivity index (χ0v) is 12.6. The molecule has 2 heterocycles. The zero-order valence-electron chi connectivity index (χ0n) is 11.8. The minimum Gasteiger partial charge on any atom is -0.253 e. The van der Waals surface area contributed by atoms with E-state index in [0.29, 0.717) is 11.0 Å². The van der Waals surface area contributed by atoms with E-state index in [2.05, 4.69) is 15.0 Å². The maximum Gasteiger partial charge on any atom is 0.180 e. The van der Waals surface area contributed by atoms with Crippen LogP contribution in [-0.4, -0.2) is 15.0 Å². The molecule has 0 saturated heterocycles. The smallest absolute Gasteiger partial charge is 0.180 e. The van der Waals surface area contributed by atoms with Crippen LogP contribution in [0.3, 0.4) is 0 Å². The van der Waals surface area contributed by atoms with Gasteiger partial charge in [0.15, 0.2) is 5.82 Å². The highest BCUT2D eigenvalue weighted by Crippen LogP contribution is 2.28. The molecule has 2 aromatic heterocycles. The van der Waals surface area contributed by atoms with Gasteiger partial charge in [-0.2, -0.15) is 0 Å². The lowest BCUT2D eigenvalue weighted by Gasteiger charge is -2.09. The number of nitrogens with zero attached hydrogens (tertiary/aromatic N) is 3. The largest absolute Gasteiger partial charge is 0.253 e. The first-order chi connectivity index (χ1) is 10.1. The Morgan fingerprint density at radius 1 is 0.905 bits per heavy atom. The highest BCUT2D eigenvalue weighted by Gasteiger charge is 2.13. The van der Waals surface area contributed by atoms with Gasteiger partial charge in [-0.15, -0.1) is 0 Å². The first-order valence-electron chi connectivity index (χ1n) is 6.68. The molecule has 1 aromatic carbocycles. The standard InChI is InChI=1S/C17H14ClN3/c1-11-8-9-14(19-10-11)17-20-15(12(2)16(18)21-17)13-6-4-3-5-7-13/h3-10H,1-2H3. The first-order valence-corrected chi connectivity index (χ1v) is 7.05. The number of hydrogen-bond acceptors (Lipinski definition) is 3. The fourth-order valence-corrected chi connectivity index (χ4v) is 2.25. The molecule has 0 radical (unpaired) electrons. The van der Waals surface area contributed by atoms with E-state index in [1.807, 2.05) is 56.3 Å². The predicted octanol–water partition coefficient (Wildman–Crippen LogP) is 4.48. The summed E-state index contributed by atoms with van der Waals surface area (Å²) in [6.07, 6.45) is 1.80. The van der Waals surface area contributed by atoms with Crippen molar-refractivity contribution in [2.24, 2.45) is 0 Å². The summed E-state index contributed by atoms with van der Waals surface area (Å²) in [4.78, 5) is 13.4. The summed E-state index contributed by atoms with van der Waals surface area (Å²) in [5.41, 5.74) is 4.55. The molecule has 0 aliphatic rings. The van der Waals surface area contributed by atoms with Crippen LogP contribution in [-0.2, 0) is 0 Å². The third-order valence-corrected chi connectivity index (χ3v) is 3.64. The summed E-state index contributed by atoms with van der Waals surface area (Å²) in [7, 11) is 0. The van der Waals surface area contributed by atoms with Crippen molar-refractivity contribution in [3.63, 3.8) is 0 Å². The van der Waals surface area contributed by atoms with Gasteiger partial charge in [0.1, 0.15) is 10.8 Å². The van der Waals surface area contributed by atoms with Crippen LogP contribution in [0.5, 0.6) is 0 Å². The monoisotopic (exact) mass is 295 g/mol. The second-order valence-corrected chi connectivity index (χ2v) is 5.26. The van der Waals surface area contributed by atoms with E-state index in [1.54, 1.807) is 6.20 Å². The Hall–Kier alpha value is -2.26. The van der Waals surface area contributed by atoms with Gasteiger partial charge in [-0.1, -0.05) is 48.0 Å². The minimum atomic E-state index is 0.459. The normalized spacial score (nSPS) is 10.6. The second kappa shape index (κ2) is 5.62. The second-order valence-electron chi connectivity index (χ2n) is 4.90. The Bertz CT molecular complexity index is 768. The van der Waals surface area contributed by atoms with Gasteiger partial charge < -0.3 is 0 Å². The molecule has 0 unspecified atom stereocenters. The van der Waals surface area contributed by atoms with Crippen LogP contribution in [0, 0.1) is 13.8 Å². The van der Waals surface area contributed by atoms with E-state index in [0.717, 1.165) is 28.1 Å². The minimum absolute atomic E-state index is 0.459. The van der Waals surface area contributed by atoms with Gasteiger partial charge in [-0.3, -0.25) is 4.98 Å². The lowest BCUT2D eigenvalue weighted by Crippen LogP contribution is -1.98. The van der Waals surface area contributed by atoms with Crippen LogP contribution in [0.4, 0.5) is 0 Å². The van der Waals surface area contributed by atoms with Gasteiger partial charge in [0.2, 0.25) is 0 Å². The van der Waals surface area contributed by atoms with Gasteiger partial charge >= 0.3 is 0 Å². The Labute approximate surface area is 128 Å². The van der Waals surface area contributed by atoms with Crippen molar-refractivity contribution in [3.8, 4) is 22.8 Å². The number of halogens is 1. The molecule has 3 nitrogen and oxygen atoms in total. The third kappa shape index (κ3) is 2.78. The molecule has 0 aliphatic heterocycles. The lowest BCUT2D eigenvalue weighted by molar-refractivity contribution is 1.11. The molecular formula is C17H14ClN3. The number of aryl methyl sites for hydroxylation is 1. The van der Waals surface area contributed by atoms with Gasteiger partial charge in [0.25, 0.3) is 0 Å². The summed E-state index contributed by atoms with van der Waals surface area (Å²) in [6.45, 7) is 3.92. The van der Waals surface area contributed by atoms with Gasteiger partial charge in [0.05, 0.1) is 5.69 Å². The van der Waals surface area contributed by atoms with Crippen molar-refractivity contribution in [2.75, 3.05) is 0 Å². The zero-order chi connectivity index (χ0) is 14.8. The fourth-order valence-electron chi connectivity index (χ4n) is 2.08. The average Bonchev–Trinajstić information content (AvgIpc) is 2.51. The summed E-state index contributed by atoms with van der Waals surface area (Å²) in [6, 6.07) is 13.9. The van der Waals surface area contributed by atoms with Crippen molar-refractivity contribution in [3.05, 3.63) is 64.9 Å². The van der Waals surface area contributed by atoms with E-state index in [1.165, 1.54) is 0 Å². The summed E-state index contributed by atoms with van der Waals surface area (Å²) < 4.78 is 0. The Balaban J connectivity index is 2.16. The van der Waals surface area contributed by atoms with E-state index in [4.69, 9.17) is 11.6 Å². The molecular weight excluding hydrogens is 282 g/mol. The topological polar surface area (TPSA) is 38.7 Å². The molecule has 3 rings (SSSR count). The lowest BCUT2D eigenvalue weighted by atomic mass is 10.1. The molecule has 0 atom stereocenters. The van der Waals surface area contributed by atoms with E-state index < -0.39 is 0 Å². The molecule has 0 amide bonds. The van der Waals surface area contributed by atoms with Crippen LogP contribution in [0.25, 0.3) is 22.8 Å². The van der Waals surface area contributed by atoms with Crippen LogP contribution in [0.15, 0.2) is 48.7 Å². The fraction of sp³-hybridized carbons (Fsp3) is 0.118. The molecule has 0 saturated carbocycles. The Kier molecular flexibility index (Phi) is 3.67. The number of benzene rings is 1. The van der Waals surface area contributed by atoms with Gasteiger partial charge in [-0.25, -0.2) is 9.97 Å². The van der Waals surface area contributed by atoms with Crippen LogP contribution < -0.4 is 0 Å². The number of aromatic nitrogens is 3. The number of pyridine rings is 1. The van der Waals surface area contributed by atoms with Crippen molar-refractivity contribution < 1.29 is 0 Å². The van der Waals surface area contributed by atoms with Gasteiger partial charge in [-0.05, 0) is 25.5 Å². The van der Waals surface area contributed by atoms with Crippen LogP contribution in [0.1, 0.15) is 11.1 Å². The quantitative estimate of drug-likeness (QED) is 0.654. The number of hydrogen-bond donors (Lipinski definition) is 0. The maximum atomic E-state index is 6.27. The molecule has 0 aliphatic carbocycles. The first kappa shape index (κ1) is 13.7. The molecule has 21 heavy (non-hydrogen) atoms. The molecule has 0 bridgehead atoms. The van der Waals surface area contributed by atoms with E-state index in [-0.39, 0.29) is 0 Å². The van der Waals surface area contributed by atoms with Crippen molar-refractivity contribution in [2.45, 2.75) is 13.8 Å². The van der Waals surface area contributed by atoms with Crippen molar-refractivity contribution in [1.82, 2.24) is 15.0 Å². The molecule has 3 aromatic rings. The van der Waals surface area contributed by atoms with Crippen LogP contribution in [0.2, 0.25) is 5.15 Å². The predicted molar refractivity (Wildman–Crippen MR) is 85.2 cm³/mol. The number of rotatable bonds is 2. The Morgan fingerprint density at radius 2 is 1.67 bits per heavy atom. The molecule has 4 heteroatoms. The molecule has 104 valence electrons. The summed E-state index contributed by atoms with van der Waals surface area (Å²) in [5.74, 6) is 0.546. The highest BCUT2D eigenvalue weighted by atomic mass is 35.5. The van der Waals surface area contributed by atoms with E-state index in [9.17, 15) is 0 Å². The van der Waals surface area contributed by atoms with Crippen molar-refractivity contribution >= 4 is 11.6 Å². The SMILES string of the molecule is Cc1ccc(-c2nc(Cl)c(C)c(-c3ccccc3)n2)nc1. The van der Waals surface area contributed by atoms with Crippen LogP contribution >= 0.6 is 11.6 Å². The molecule has 0 N–H and O–H groups in total. The molecule has 0 spiro atoms. The Morgan fingerprint density at radius 3 is 2.33 bits per heavy atom. The highest BCUT2D eigenvalue weighted by molar-refractivity contribution is 6.30. The third-order valence-electron chi connectivity index (χ3n) is 3.27. The van der Waals surface area contributed by atoms with Crippen molar-refractivity contribution in [1.29, 1.82) is 0 Å². The van der Waals surface area contributed by atoms with Gasteiger partial charge in [0, 0.05) is 17.3 Å². The summed E-state index contributed by atoms with van der Waals surface area (Å²) in [5, 5.41) is 0.459. The van der Waals surface area contributed by atoms with E-state index >= 15 is 0 Å². The molecule has 0 fully saturated rings.